The molecule has 1 amide bonds. The summed E-state index contributed by atoms with van der Waals surface area (Å²) in [5.74, 6) is -0.897. The molecule has 2 N–H and O–H groups in total. The van der Waals surface area contributed by atoms with Crippen LogP contribution in [0.3, 0.4) is 0 Å². The summed E-state index contributed by atoms with van der Waals surface area (Å²) in [6, 6.07) is 8.05. The van der Waals surface area contributed by atoms with E-state index in [2.05, 4.69) is 10.2 Å². The summed E-state index contributed by atoms with van der Waals surface area (Å²) >= 11 is 5.93. The Hall–Kier alpha value is -2.20. The number of aryl methyl sites for hydroxylation is 2. The summed E-state index contributed by atoms with van der Waals surface area (Å²) in [7, 11) is -4.24. The molecule has 0 unspecified atom stereocenters. The topological polar surface area (TPSA) is 90.0 Å². The van der Waals surface area contributed by atoms with Crippen molar-refractivity contribution in [1.82, 2.24) is 9.80 Å². The van der Waals surface area contributed by atoms with Crippen molar-refractivity contribution >= 4 is 33.3 Å². The number of amides is 1. The number of rotatable bonds is 7. The Bertz CT molecular complexity index is 1100. The molecular formula is C22H27ClFN3O4S. The maximum Gasteiger partial charge on any atom is 0.269 e. The van der Waals surface area contributed by atoms with Crippen LogP contribution in [0.25, 0.3) is 0 Å². The fourth-order valence-electron chi connectivity index (χ4n) is 3.74. The molecule has 1 aliphatic rings. The highest BCUT2D eigenvalue weighted by atomic mass is 35.5. The Balaban J connectivity index is 1.54. The minimum atomic E-state index is -4.24. The second kappa shape index (κ2) is 10.2. The molecule has 0 spiro atoms. The van der Waals surface area contributed by atoms with E-state index in [4.69, 9.17) is 16.2 Å². The van der Waals surface area contributed by atoms with Crippen LogP contribution in [0.5, 0.6) is 0 Å². The number of benzene rings is 2. The van der Waals surface area contributed by atoms with Crippen LogP contribution < -0.4 is 5.32 Å². The third kappa shape index (κ3) is 6.65. The minimum Gasteiger partial charge on any atom is -0.376 e. The molecule has 3 rings (SSSR count). The normalized spacial score (nSPS) is 15.1. The number of carbonyl (C=O) groups is 1. The lowest BCUT2D eigenvalue weighted by molar-refractivity contribution is -0.131. The largest absolute Gasteiger partial charge is 0.376 e. The second-order valence-corrected chi connectivity index (χ2v) is 9.96. The fourth-order valence-corrected chi connectivity index (χ4v) is 4.57. The molecule has 7 nitrogen and oxygen atoms in total. The monoisotopic (exact) mass is 483 g/mol. The van der Waals surface area contributed by atoms with Gasteiger partial charge in [-0.3, -0.25) is 14.2 Å². The first kappa shape index (κ1) is 24.4. The molecule has 0 aromatic heterocycles. The van der Waals surface area contributed by atoms with Crippen LogP contribution in [0.2, 0.25) is 5.02 Å². The van der Waals surface area contributed by atoms with Gasteiger partial charge in [0.15, 0.2) is 0 Å². The molecule has 0 saturated carbocycles. The zero-order valence-corrected chi connectivity index (χ0v) is 19.6. The lowest BCUT2D eigenvalue weighted by atomic mass is 10.0. The number of carbonyl (C=O) groups excluding carboxylic acids is 1. The first-order valence-electron chi connectivity index (χ1n) is 10.2. The highest BCUT2D eigenvalue weighted by Crippen LogP contribution is 2.23. The smallest absolute Gasteiger partial charge is 0.269 e. The Kier molecular flexibility index (Phi) is 7.76. The second-order valence-electron chi connectivity index (χ2n) is 8.07. The highest BCUT2D eigenvalue weighted by Gasteiger charge is 2.22. The Morgan fingerprint density at radius 2 is 1.78 bits per heavy atom. The van der Waals surface area contributed by atoms with Crippen LogP contribution in [0, 0.1) is 19.7 Å². The average Bonchev–Trinajstić information content (AvgIpc) is 2.70. The number of piperazine rings is 1. The van der Waals surface area contributed by atoms with E-state index in [-0.39, 0.29) is 18.3 Å². The summed E-state index contributed by atoms with van der Waals surface area (Å²) < 4.78 is 45.3. The van der Waals surface area contributed by atoms with E-state index in [1.54, 1.807) is 30.0 Å². The van der Waals surface area contributed by atoms with Crippen LogP contribution in [-0.4, -0.2) is 61.4 Å². The van der Waals surface area contributed by atoms with Crippen molar-refractivity contribution in [1.29, 1.82) is 0 Å². The van der Waals surface area contributed by atoms with Crippen molar-refractivity contribution in [3.8, 4) is 0 Å². The van der Waals surface area contributed by atoms with Crippen LogP contribution in [0.4, 0.5) is 10.1 Å². The van der Waals surface area contributed by atoms with Crippen molar-refractivity contribution in [2.75, 3.05) is 38.0 Å². The molecule has 0 atom stereocenters. The van der Waals surface area contributed by atoms with Gasteiger partial charge in [-0.15, -0.1) is 0 Å². The van der Waals surface area contributed by atoms with E-state index in [0.717, 1.165) is 11.1 Å². The zero-order chi connectivity index (χ0) is 23.5. The van der Waals surface area contributed by atoms with Gasteiger partial charge in [0.1, 0.15) is 11.6 Å². The summed E-state index contributed by atoms with van der Waals surface area (Å²) in [4.78, 5) is 16.6. The molecular weight excluding hydrogens is 457 g/mol. The van der Waals surface area contributed by atoms with Crippen LogP contribution in [0.15, 0.2) is 30.3 Å². The van der Waals surface area contributed by atoms with E-state index in [1.165, 1.54) is 6.07 Å². The third-order valence-corrected chi connectivity index (χ3v) is 6.48. The van der Waals surface area contributed by atoms with Gasteiger partial charge in [-0.2, -0.15) is 8.42 Å². The number of hydrogen-bond donors (Lipinski definition) is 2. The molecule has 0 bridgehead atoms. The molecule has 2 aromatic carbocycles. The Morgan fingerprint density at radius 3 is 2.44 bits per heavy atom. The fraction of sp³-hybridized carbons (Fsp3) is 0.409. The average molecular weight is 484 g/mol. The van der Waals surface area contributed by atoms with Crippen molar-refractivity contribution in [2.45, 2.75) is 26.1 Å². The molecule has 1 heterocycles. The lowest BCUT2D eigenvalue weighted by Crippen LogP contribution is -2.49. The van der Waals surface area contributed by atoms with Crippen molar-refractivity contribution in [3.63, 3.8) is 0 Å². The van der Waals surface area contributed by atoms with Gasteiger partial charge in [0, 0.05) is 43.4 Å². The summed E-state index contributed by atoms with van der Waals surface area (Å²) in [5, 5.41) is 3.29. The summed E-state index contributed by atoms with van der Waals surface area (Å²) in [6.07, 6.45) is 0. The van der Waals surface area contributed by atoms with Gasteiger partial charge in [-0.1, -0.05) is 17.7 Å². The molecule has 10 heteroatoms. The quantitative estimate of drug-likeness (QED) is 0.588. The lowest BCUT2D eigenvalue weighted by Gasteiger charge is -2.35. The Morgan fingerprint density at radius 1 is 1.09 bits per heavy atom. The molecule has 1 aliphatic heterocycles. The van der Waals surface area contributed by atoms with Gasteiger partial charge in [0.2, 0.25) is 5.91 Å². The van der Waals surface area contributed by atoms with E-state index < -0.39 is 15.9 Å². The number of nitrogens with one attached hydrogen (secondary N) is 1. The standard InChI is InChI=1S/C22H27ClFN3O4S/c1-15-10-20(24)16(2)9-17(15)13-26-5-7-27(8-6-26)22(28)12-25-21-4-3-19(23)11-18(21)14-32(29,30)31/h3-4,9-11,25H,5-8,12-14H2,1-2H3,(H,29,30,31). The number of hydrogen-bond acceptors (Lipinski definition) is 5. The van der Waals surface area contributed by atoms with Crippen LogP contribution in [0.1, 0.15) is 22.3 Å². The van der Waals surface area contributed by atoms with Gasteiger partial charge in [-0.05, 0) is 60.4 Å². The first-order chi connectivity index (χ1) is 15.0. The SMILES string of the molecule is Cc1cc(CN2CCN(C(=O)CNc3ccc(Cl)cc3CS(=O)(=O)O)CC2)c(C)cc1F. The number of nitrogens with zero attached hydrogens (tertiary/aromatic N) is 2. The zero-order valence-electron chi connectivity index (χ0n) is 18.1. The Labute approximate surface area is 192 Å². The first-order valence-corrected chi connectivity index (χ1v) is 12.2. The van der Waals surface area contributed by atoms with Crippen molar-refractivity contribution in [2.24, 2.45) is 0 Å². The van der Waals surface area contributed by atoms with Gasteiger partial charge in [-0.25, -0.2) is 4.39 Å². The van der Waals surface area contributed by atoms with Crippen LogP contribution in [-0.2, 0) is 27.2 Å². The predicted octanol–water partition coefficient (Wildman–Crippen LogP) is 3.24. The molecule has 1 saturated heterocycles. The highest BCUT2D eigenvalue weighted by molar-refractivity contribution is 7.85. The third-order valence-electron chi connectivity index (χ3n) is 5.57. The summed E-state index contributed by atoms with van der Waals surface area (Å²) in [6.45, 7) is 6.90. The van der Waals surface area contributed by atoms with E-state index >= 15 is 0 Å². The maximum atomic E-state index is 13.7. The molecule has 1 fully saturated rings. The van der Waals surface area contributed by atoms with E-state index in [0.29, 0.717) is 54.6 Å². The maximum absolute atomic E-state index is 13.7. The molecule has 2 aromatic rings. The molecule has 0 aliphatic carbocycles. The van der Waals surface area contributed by atoms with Crippen molar-refractivity contribution < 1.29 is 22.2 Å². The minimum absolute atomic E-state index is 0.00360. The van der Waals surface area contributed by atoms with Crippen molar-refractivity contribution in [3.05, 3.63) is 63.4 Å². The predicted molar refractivity (Wildman–Crippen MR) is 123 cm³/mol. The van der Waals surface area contributed by atoms with E-state index in [9.17, 15) is 17.6 Å². The molecule has 174 valence electrons. The number of halogens is 2. The molecule has 32 heavy (non-hydrogen) atoms. The van der Waals surface area contributed by atoms with Gasteiger partial charge in [0.05, 0.1) is 6.54 Å². The van der Waals surface area contributed by atoms with E-state index in [1.807, 2.05) is 13.0 Å². The van der Waals surface area contributed by atoms with Gasteiger partial charge in [0.25, 0.3) is 10.1 Å². The van der Waals surface area contributed by atoms with Gasteiger partial charge < -0.3 is 10.2 Å². The van der Waals surface area contributed by atoms with Gasteiger partial charge >= 0.3 is 0 Å². The number of anilines is 1. The molecule has 0 radical (unpaired) electrons. The summed E-state index contributed by atoms with van der Waals surface area (Å²) in [5.41, 5.74) is 3.35. The van der Waals surface area contributed by atoms with Crippen LogP contribution >= 0.6 is 11.6 Å².